The number of anilines is 2. The van der Waals surface area contributed by atoms with Crippen LogP contribution >= 0.6 is 0 Å². The highest BCUT2D eigenvalue weighted by molar-refractivity contribution is 5.78. The number of hydrogen-bond acceptors (Lipinski definition) is 4. The van der Waals surface area contributed by atoms with Crippen molar-refractivity contribution in [3.63, 3.8) is 0 Å². The van der Waals surface area contributed by atoms with Crippen molar-refractivity contribution in [2.75, 3.05) is 5.32 Å². The lowest BCUT2D eigenvalue weighted by molar-refractivity contribution is 0.888. The normalized spacial score (nSPS) is 11.0. The Balaban J connectivity index is 1.75. The Labute approximate surface area is 179 Å². The summed E-state index contributed by atoms with van der Waals surface area (Å²) in [4.78, 5) is 18.4. The molecule has 0 amide bonds. The number of nitrogens with one attached hydrogen (secondary N) is 1. The number of aromatic nitrogens is 4. The van der Waals surface area contributed by atoms with Crippen molar-refractivity contribution in [3.05, 3.63) is 107 Å². The standard InChI is InChI=1S/C25H21N5O/c1-17-8-12-19(13-9-17)27-25-28-23-22(16-26-30(23)21-6-4-3-5-7-21)24(31)29(25)20-14-10-18(2)11-15-20/h3-16H,1-2H3,(H,27,28). The predicted molar refractivity (Wildman–Crippen MR) is 124 cm³/mol. The molecule has 5 aromatic rings. The molecule has 3 aromatic carbocycles. The summed E-state index contributed by atoms with van der Waals surface area (Å²) >= 11 is 0. The lowest BCUT2D eigenvalue weighted by atomic mass is 10.2. The summed E-state index contributed by atoms with van der Waals surface area (Å²) in [6.07, 6.45) is 1.58. The lowest BCUT2D eigenvalue weighted by Gasteiger charge is -2.15. The number of fused-ring (bicyclic) bond motifs is 1. The maximum atomic E-state index is 13.6. The van der Waals surface area contributed by atoms with E-state index < -0.39 is 0 Å². The van der Waals surface area contributed by atoms with E-state index in [1.807, 2.05) is 92.7 Å². The van der Waals surface area contributed by atoms with Crippen LogP contribution in [-0.2, 0) is 0 Å². The minimum atomic E-state index is -0.175. The van der Waals surface area contributed by atoms with E-state index >= 15 is 0 Å². The van der Waals surface area contributed by atoms with Gasteiger partial charge in [-0.15, -0.1) is 0 Å². The van der Waals surface area contributed by atoms with Gasteiger partial charge < -0.3 is 5.32 Å². The molecule has 0 aliphatic heterocycles. The fraction of sp³-hybridized carbons (Fsp3) is 0.0800. The molecule has 5 rings (SSSR count). The van der Waals surface area contributed by atoms with Gasteiger partial charge in [0.2, 0.25) is 5.95 Å². The molecule has 31 heavy (non-hydrogen) atoms. The molecule has 0 saturated heterocycles. The van der Waals surface area contributed by atoms with Gasteiger partial charge in [0, 0.05) is 5.69 Å². The van der Waals surface area contributed by atoms with Gasteiger partial charge in [0.05, 0.1) is 17.6 Å². The number of rotatable bonds is 4. The zero-order valence-corrected chi connectivity index (χ0v) is 17.3. The van der Waals surface area contributed by atoms with Gasteiger partial charge in [0.1, 0.15) is 5.39 Å². The average molecular weight is 407 g/mol. The number of para-hydroxylation sites is 1. The predicted octanol–water partition coefficient (Wildman–Crippen LogP) is 4.93. The Morgan fingerprint density at radius 1 is 0.774 bits per heavy atom. The Hall–Kier alpha value is -4.19. The summed E-state index contributed by atoms with van der Waals surface area (Å²) in [5.41, 5.74) is 5.05. The fourth-order valence-corrected chi connectivity index (χ4v) is 3.51. The zero-order chi connectivity index (χ0) is 21.4. The molecule has 0 bridgehead atoms. The molecule has 2 aromatic heterocycles. The molecule has 6 nitrogen and oxygen atoms in total. The van der Waals surface area contributed by atoms with E-state index in [-0.39, 0.29) is 5.56 Å². The van der Waals surface area contributed by atoms with Gasteiger partial charge in [-0.3, -0.25) is 4.79 Å². The SMILES string of the molecule is Cc1ccc(Nc2nc3c(cnn3-c3ccccc3)c(=O)n2-c2ccc(C)cc2)cc1. The molecule has 1 N–H and O–H groups in total. The molecule has 152 valence electrons. The first-order chi connectivity index (χ1) is 15.1. The minimum absolute atomic E-state index is 0.175. The maximum Gasteiger partial charge on any atom is 0.270 e. The fourth-order valence-electron chi connectivity index (χ4n) is 3.51. The summed E-state index contributed by atoms with van der Waals surface area (Å²) in [5, 5.41) is 8.23. The van der Waals surface area contributed by atoms with Gasteiger partial charge in [-0.25, -0.2) is 9.25 Å². The van der Waals surface area contributed by atoms with E-state index in [0.717, 1.165) is 28.2 Å². The molecule has 6 heteroatoms. The third kappa shape index (κ3) is 3.48. The van der Waals surface area contributed by atoms with Gasteiger partial charge in [-0.05, 0) is 50.2 Å². The van der Waals surface area contributed by atoms with Crippen LogP contribution in [0.2, 0.25) is 0 Å². The van der Waals surface area contributed by atoms with E-state index in [4.69, 9.17) is 4.98 Å². The van der Waals surface area contributed by atoms with Crippen LogP contribution in [0.1, 0.15) is 11.1 Å². The summed E-state index contributed by atoms with van der Waals surface area (Å²) < 4.78 is 3.29. The van der Waals surface area contributed by atoms with Gasteiger partial charge in [-0.2, -0.15) is 10.1 Å². The van der Waals surface area contributed by atoms with Crippen molar-refractivity contribution in [2.45, 2.75) is 13.8 Å². The Bertz CT molecular complexity index is 1420. The summed E-state index contributed by atoms with van der Waals surface area (Å²) in [5.74, 6) is 0.433. The van der Waals surface area contributed by atoms with Crippen LogP contribution in [0.4, 0.5) is 11.6 Å². The highest BCUT2D eigenvalue weighted by Crippen LogP contribution is 2.22. The molecule has 2 heterocycles. The van der Waals surface area contributed by atoms with Gasteiger partial charge in [-0.1, -0.05) is 53.6 Å². The highest BCUT2D eigenvalue weighted by atomic mass is 16.1. The Kier molecular flexibility index (Phi) is 4.59. The van der Waals surface area contributed by atoms with Crippen LogP contribution in [0.25, 0.3) is 22.4 Å². The second-order valence-corrected chi connectivity index (χ2v) is 7.53. The lowest BCUT2D eigenvalue weighted by Crippen LogP contribution is -2.23. The van der Waals surface area contributed by atoms with E-state index in [9.17, 15) is 4.79 Å². The average Bonchev–Trinajstić information content (AvgIpc) is 3.21. The van der Waals surface area contributed by atoms with Gasteiger partial charge in [0.25, 0.3) is 5.56 Å². The van der Waals surface area contributed by atoms with Crippen molar-refractivity contribution >= 4 is 22.7 Å². The van der Waals surface area contributed by atoms with Crippen molar-refractivity contribution in [2.24, 2.45) is 0 Å². The zero-order valence-electron chi connectivity index (χ0n) is 17.3. The summed E-state index contributed by atoms with van der Waals surface area (Å²) in [7, 11) is 0. The molecule has 0 spiro atoms. The molecule has 0 atom stereocenters. The third-order valence-corrected chi connectivity index (χ3v) is 5.20. The van der Waals surface area contributed by atoms with Crippen LogP contribution < -0.4 is 10.9 Å². The first kappa shape index (κ1) is 18.8. The second kappa shape index (κ2) is 7.57. The van der Waals surface area contributed by atoms with E-state index in [0.29, 0.717) is 17.0 Å². The Morgan fingerprint density at radius 2 is 1.42 bits per heavy atom. The topological polar surface area (TPSA) is 64.7 Å². The first-order valence-electron chi connectivity index (χ1n) is 10.1. The number of benzene rings is 3. The molecule has 0 aliphatic rings. The number of aryl methyl sites for hydroxylation is 2. The van der Waals surface area contributed by atoms with Crippen molar-refractivity contribution in [3.8, 4) is 11.4 Å². The highest BCUT2D eigenvalue weighted by Gasteiger charge is 2.17. The van der Waals surface area contributed by atoms with E-state index in [1.165, 1.54) is 0 Å². The molecule has 0 fully saturated rings. The maximum absolute atomic E-state index is 13.6. The third-order valence-electron chi connectivity index (χ3n) is 5.20. The molecular formula is C25H21N5O. The quantitative estimate of drug-likeness (QED) is 0.459. The van der Waals surface area contributed by atoms with Gasteiger partial charge in [0.15, 0.2) is 5.65 Å². The Morgan fingerprint density at radius 3 is 2.10 bits per heavy atom. The smallest absolute Gasteiger partial charge is 0.270 e. The monoisotopic (exact) mass is 407 g/mol. The van der Waals surface area contributed by atoms with Crippen LogP contribution in [-0.4, -0.2) is 19.3 Å². The largest absolute Gasteiger partial charge is 0.325 e. The van der Waals surface area contributed by atoms with Crippen LogP contribution in [0.5, 0.6) is 0 Å². The molecular weight excluding hydrogens is 386 g/mol. The molecule has 0 unspecified atom stereocenters. The first-order valence-corrected chi connectivity index (χ1v) is 10.1. The van der Waals surface area contributed by atoms with Gasteiger partial charge >= 0.3 is 0 Å². The second-order valence-electron chi connectivity index (χ2n) is 7.53. The van der Waals surface area contributed by atoms with Crippen LogP contribution in [0.15, 0.2) is 89.9 Å². The van der Waals surface area contributed by atoms with Crippen molar-refractivity contribution in [1.29, 1.82) is 0 Å². The van der Waals surface area contributed by atoms with Crippen LogP contribution in [0.3, 0.4) is 0 Å². The van der Waals surface area contributed by atoms with Crippen LogP contribution in [0, 0.1) is 13.8 Å². The van der Waals surface area contributed by atoms with E-state index in [2.05, 4.69) is 10.4 Å². The summed E-state index contributed by atoms with van der Waals surface area (Å²) in [6.45, 7) is 4.05. The molecule has 0 saturated carbocycles. The van der Waals surface area contributed by atoms with Crippen molar-refractivity contribution < 1.29 is 0 Å². The number of hydrogen-bond donors (Lipinski definition) is 1. The van der Waals surface area contributed by atoms with E-state index in [1.54, 1.807) is 15.4 Å². The number of nitrogens with zero attached hydrogens (tertiary/aromatic N) is 4. The summed E-state index contributed by atoms with van der Waals surface area (Å²) in [6, 6.07) is 25.5. The minimum Gasteiger partial charge on any atom is -0.325 e. The molecule has 0 aliphatic carbocycles. The van der Waals surface area contributed by atoms with Crippen molar-refractivity contribution in [1.82, 2.24) is 19.3 Å². The molecule has 0 radical (unpaired) electrons.